The Labute approximate surface area is 135 Å². The van der Waals surface area contributed by atoms with Crippen LogP contribution in [0.5, 0.6) is 0 Å². The standard InChI is InChI=1S/C17H20ClNO3/c1-10(2)22-8-7-19-16(20)14(15(18)17(19)21)13-6-5-11(3)9-12(13)4/h5-6,9-10H,7-8H2,1-4H3. The molecule has 22 heavy (non-hydrogen) atoms. The van der Waals surface area contributed by atoms with Gasteiger partial charge in [0.15, 0.2) is 0 Å². The minimum absolute atomic E-state index is 0.0125. The summed E-state index contributed by atoms with van der Waals surface area (Å²) in [4.78, 5) is 25.9. The van der Waals surface area contributed by atoms with E-state index in [0.29, 0.717) is 12.2 Å². The maximum absolute atomic E-state index is 12.5. The number of carbonyl (C=O) groups is 2. The van der Waals surface area contributed by atoms with E-state index in [1.165, 1.54) is 0 Å². The molecule has 2 rings (SSSR count). The molecule has 0 saturated heterocycles. The van der Waals surface area contributed by atoms with Crippen LogP contribution >= 0.6 is 11.6 Å². The summed E-state index contributed by atoms with van der Waals surface area (Å²) in [5.74, 6) is -0.802. The van der Waals surface area contributed by atoms with Crippen molar-refractivity contribution in [3.63, 3.8) is 0 Å². The molecule has 2 amide bonds. The van der Waals surface area contributed by atoms with Crippen molar-refractivity contribution in [1.82, 2.24) is 4.90 Å². The van der Waals surface area contributed by atoms with Crippen LogP contribution in [0.1, 0.15) is 30.5 Å². The van der Waals surface area contributed by atoms with E-state index in [1.807, 2.05) is 45.9 Å². The van der Waals surface area contributed by atoms with Gasteiger partial charge < -0.3 is 4.74 Å². The summed E-state index contributed by atoms with van der Waals surface area (Å²) in [6.07, 6.45) is 0.0510. The lowest BCUT2D eigenvalue weighted by Crippen LogP contribution is -2.34. The second-order valence-electron chi connectivity index (χ2n) is 5.69. The summed E-state index contributed by atoms with van der Waals surface area (Å²) in [7, 11) is 0. The fraction of sp³-hybridized carbons (Fsp3) is 0.412. The van der Waals surface area contributed by atoms with Crippen LogP contribution in [-0.4, -0.2) is 36.0 Å². The third-order valence-electron chi connectivity index (χ3n) is 3.53. The van der Waals surface area contributed by atoms with E-state index in [-0.39, 0.29) is 29.2 Å². The van der Waals surface area contributed by atoms with Crippen LogP contribution in [0.4, 0.5) is 0 Å². The van der Waals surface area contributed by atoms with Gasteiger partial charge in [0.1, 0.15) is 5.03 Å². The molecule has 1 aromatic rings. The van der Waals surface area contributed by atoms with Gasteiger partial charge >= 0.3 is 0 Å². The number of halogens is 1. The average Bonchev–Trinajstić information content (AvgIpc) is 2.63. The molecule has 0 fully saturated rings. The number of carbonyl (C=O) groups excluding carboxylic acids is 2. The monoisotopic (exact) mass is 321 g/mol. The van der Waals surface area contributed by atoms with Crippen molar-refractivity contribution in [2.45, 2.75) is 33.8 Å². The number of benzene rings is 1. The Morgan fingerprint density at radius 1 is 1.18 bits per heavy atom. The van der Waals surface area contributed by atoms with E-state index in [1.54, 1.807) is 0 Å². The number of aryl methyl sites for hydroxylation is 2. The Bertz CT molecular complexity index is 649. The van der Waals surface area contributed by atoms with Gasteiger partial charge in [0, 0.05) is 0 Å². The lowest BCUT2D eigenvalue weighted by molar-refractivity contribution is -0.137. The zero-order valence-electron chi connectivity index (χ0n) is 13.3. The molecule has 0 aromatic heterocycles. The highest BCUT2D eigenvalue weighted by atomic mass is 35.5. The van der Waals surface area contributed by atoms with Gasteiger partial charge in [-0.25, -0.2) is 0 Å². The second kappa shape index (κ2) is 6.63. The number of hydrogen-bond donors (Lipinski definition) is 0. The molecule has 0 spiro atoms. The number of amides is 2. The Hall–Kier alpha value is -1.65. The normalized spacial score (nSPS) is 15.5. The molecule has 1 heterocycles. The largest absolute Gasteiger partial charge is 0.377 e. The molecule has 1 aromatic carbocycles. The van der Waals surface area contributed by atoms with Crippen LogP contribution in [0.25, 0.3) is 5.57 Å². The lowest BCUT2D eigenvalue weighted by Gasteiger charge is -2.16. The van der Waals surface area contributed by atoms with E-state index in [0.717, 1.165) is 16.0 Å². The molecule has 1 aliphatic rings. The van der Waals surface area contributed by atoms with Gasteiger partial charge in [-0.15, -0.1) is 0 Å². The van der Waals surface area contributed by atoms with E-state index in [4.69, 9.17) is 16.3 Å². The van der Waals surface area contributed by atoms with E-state index in [2.05, 4.69) is 0 Å². The number of rotatable bonds is 5. The molecular formula is C17H20ClNO3. The predicted octanol–water partition coefficient (Wildman–Crippen LogP) is 3.05. The van der Waals surface area contributed by atoms with Crippen LogP contribution in [-0.2, 0) is 14.3 Å². The first-order valence-electron chi connectivity index (χ1n) is 7.28. The number of nitrogens with zero attached hydrogens (tertiary/aromatic N) is 1. The van der Waals surface area contributed by atoms with E-state index in [9.17, 15) is 9.59 Å². The van der Waals surface area contributed by atoms with Crippen LogP contribution in [0.15, 0.2) is 23.2 Å². The average molecular weight is 322 g/mol. The van der Waals surface area contributed by atoms with Crippen LogP contribution in [0.3, 0.4) is 0 Å². The number of ether oxygens (including phenoxy) is 1. The molecule has 4 nitrogen and oxygen atoms in total. The first kappa shape index (κ1) is 16.7. The fourth-order valence-corrected chi connectivity index (χ4v) is 2.74. The van der Waals surface area contributed by atoms with Gasteiger partial charge in [-0.1, -0.05) is 35.4 Å². The summed E-state index contributed by atoms with van der Waals surface area (Å²) >= 11 is 6.13. The van der Waals surface area contributed by atoms with Gasteiger partial charge in [0.05, 0.1) is 24.8 Å². The fourth-order valence-electron chi connectivity index (χ4n) is 2.46. The highest BCUT2D eigenvalue weighted by Crippen LogP contribution is 2.33. The summed E-state index contributed by atoms with van der Waals surface area (Å²) in [6.45, 7) is 8.20. The van der Waals surface area contributed by atoms with Gasteiger partial charge in [0.2, 0.25) is 0 Å². The Morgan fingerprint density at radius 3 is 2.45 bits per heavy atom. The van der Waals surface area contributed by atoms with Crippen molar-refractivity contribution >= 4 is 29.0 Å². The van der Waals surface area contributed by atoms with Crippen molar-refractivity contribution in [2.75, 3.05) is 13.2 Å². The molecule has 0 atom stereocenters. The molecule has 0 saturated carbocycles. The highest BCUT2D eigenvalue weighted by molar-refractivity contribution is 6.55. The quantitative estimate of drug-likeness (QED) is 0.783. The van der Waals surface area contributed by atoms with E-state index >= 15 is 0 Å². The Kier molecular flexibility index (Phi) is 5.04. The summed E-state index contributed by atoms with van der Waals surface area (Å²) in [6, 6.07) is 5.71. The molecule has 0 radical (unpaired) electrons. The first-order chi connectivity index (χ1) is 10.3. The lowest BCUT2D eigenvalue weighted by atomic mass is 9.99. The Balaban J connectivity index is 2.25. The van der Waals surface area contributed by atoms with Crippen molar-refractivity contribution in [1.29, 1.82) is 0 Å². The maximum atomic E-state index is 12.5. The molecule has 118 valence electrons. The minimum atomic E-state index is -0.450. The predicted molar refractivity (Wildman–Crippen MR) is 86.5 cm³/mol. The van der Waals surface area contributed by atoms with Crippen LogP contribution < -0.4 is 0 Å². The van der Waals surface area contributed by atoms with E-state index < -0.39 is 5.91 Å². The van der Waals surface area contributed by atoms with Gasteiger partial charge in [-0.2, -0.15) is 0 Å². The maximum Gasteiger partial charge on any atom is 0.273 e. The third-order valence-corrected chi connectivity index (χ3v) is 3.88. The third kappa shape index (κ3) is 3.23. The highest BCUT2D eigenvalue weighted by Gasteiger charge is 2.38. The van der Waals surface area contributed by atoms with Gasteiger partial charge in [-0.05, 0) is 38.8 Å². The molecule has 0 bridgehead atoms. The van der Waals surface area contributed by atoms with Crippen molar-refractivity contribution in [2.24, 2.45) is 0 Å². The Morgan fingerprint density at radius 2 is 1.86 bits per heavy atom. The minimum Gasteiger partial charge on any atom is -0.377 e. The van der Waals surface area contributed by atoms with Gasteiger partial charge in [-0.3, -0.25) is 14.5 Å². The summed E-state index contributed by atoms with van der Waals surface area (Å²) in [5.41, 5.74) is 3.02. The smallest absolute Gasteiger partial charge is 0.273 e. The number of hydrogen-bond acceptors (Lipinski definition) is 3. The topological polar surface area (TPSA) is 46.6 Å². The zero-order chi connectivity index (χ0) is 16.4. The molecule has 0 unspecified atom stereocenters. The molecule has 1 aliphatic heterocycles. The van der Waals surface area contributed by atoms with Crippen LogP contribution in [0.2, 0.25) is 0 Å². The molecule has 0 N–H and O–H groups in total. The second-order valence-corrected chi connectivity index (χ2v) is 6.07. The van der Waals surface area contributed by atoms with Crippen molar-refractivity contribution in [3.05, 3.63) is 39.9 Å². The van der Waals surface area contributed by atoms with Gasteiger partial charge in [0.25, 0.3) is 11.8 Å². The van der Waals surface area contributed by atoms with Crippen LogP contribution in [0, 0.1) is 13.8 Å². The zero-order valence-corrected chi connectivity index (χ0v) is 14.0. The first-order valence-corrected chi connectivity index (χ1v) is 7.66. The van der Waals surface area contributed by atoms with Crippen molar-refractivity contribution in [3.8, 4) is 0 Å². The SMILES string of the molecule is Cc1ccc(C2=C(Cl)C(=O)N(CCOC(C)C)C2=O)c(C)c1. The summed E-state index contributed by atoms with van der Waals surface area (Å²) in [5, 5.41) is -0.0125. The van der Waals surface area contributed by atoms with Crippen molar-refractivity contribution < 1.29 is 14.3 Å². The summed E-state index contributed by atoms with van der Waals surface area (Å²) < 4.78 is 5.41. The molecule has 5 heteroatoms. The number of imide groups is 1. The molecule has 0 aliphatic carbocycles. The molecular weight excluding hydrogens is 302 g/mol.